The van der Waals surface area contributed by atoms with E-state index < -0.39 is 0 Å². The summed E-state index contributed by atoms with van der Waals surface area (Å²) in [4.78, 5) is 2.51. The highest BCUT2D eigenvalue weighted by Gasteiger charge is 2.48. The zero-order valence-corrected chi connectivity index (χ0v) is 11.1. The zero-order valence-electron chi connectivity index (χ0n) is 11.1. The normalized spacial score (nSPS) is 34.8. The van der Waals surface area contributed by atoms with Gasteiger partial charge >= 0.3 is 0 Å². The van der Waals surface area contributed by atoms with Gasteiger partial charge in [-0.3, -0.25) is 0 Å². The molecule has 4 rings (SSSR count). The highest BCUT2D eigenvalue weighted by atomic mass is 16.4. The van der Waals surface area contributed by atoms with Crippen molar-refractivity contribution >= 4 is 11.4 Å². The molecule has 19 heavy (non-hydrogen) atoms. The number of aryl methyl sites for hydroxylation is 1. The molecule has 100 valence electrons. The van der Waals surface area contributed by atoms with E-state index in [2.05, 4.69) is 34.3 Å². The molecule has 3 atom stereocenters. The number of nitrogens with zero attached hydrogens (tertiary/aromatic N) is 2. The monoisotopic (exact) mass is 256 g/mol. The maximum atomic E-state index is 9.40. The minimum atomic E-state index is 0.352. The van der Waals surface area contributed by atoms with Crippen molar-refractivity contribution in [3.63, 3.8) is 0 Å². The van der Waals surface area contributed by atoms with Gasteiger partial charge in [-0.1, -0.05) is 23.4 Å². The van der Waals surface area contributed by atoms with Crippen LogP contribution in [0.3, 0.4) is 0 Å². The minimum Gasteiger partial charge on any atom is -0.411 e. The van der Waals surface area contributed by atoms with E-state index in [1.807, 2.05) is 0 Å². The van der Waals surface area contributed by atoms with Crippen molar-refractivity contribution in [1.29, 1.82) is 0 Å². The van der Waals surface area contributed by atoms with E-state index >= 15 is 0 Å². The number of benzene rings is 1. The first kappa shape index (κ1) is 11.3. The molecule has 1 aliphatic heterocycles. The molecule has 1 aromatic rings. The summed E-state index contributed by atoms with van der Waals surface area (Å²) in [6.07, 6.45) is 6.13. The van der Waals surface area contributed by atoms with Gasteiger partial charge in [0.05, 0.1) is 11.8 Å². The van der Waals surface area contributed by atoms with E-state index in [0.29, 0.717) is 17.9 Å². The van der Waals surface area contributed by atoms with Crippen LogP contribution in [0.25, 0.3) is 0 Å². The second-order valence-corrected chi connectivity index (χ2v) is 6.17. The molecule has 2 aliphatic carbocycles. The number of anilines is 1. The van der Waals surface area contributed by atoms with Crippen LogP contribution in [0.4, 0.5) is 5.69 Å². The molecule has 1 aromatic carbocycles. The van der Waals surface area contributed by atoms with Crippen LogP contribution in [0, 0.1) is 11.8 Å². The quantitative estimate of drug-likeness (QED) is 0.619. The fraction of sp³-hybridized carbons (Fsp3) is 0.562. The molecular formula is C16H20N2O. The molecule has 0 saturated heterocycles. The second kappa shape index (κ2) is 4.26. The summed E-state index contributed by atoms with van der Waals surface area (Å²) in [5.74, 6) is 1.23. The van der Waals surface area contributed by atoms with E-state index in [1.165, 1.54) is 43.4 Å². The van der Waals surface area contributed by atoms with Crippen LogP contribution >= 0.6 is 0 Å². The molecule has 3 heteroatoms. The van der Waals surface area contributed by atoms with E-state index in [9.17, 15) is 5.21 Å². The summed E-state index contributed by atoms with van der Waals surface area (Å²) in [5, 5.41) is 13.1. The Balaban J connectivity index is 1.74. The average molecular weight is 256 g/mol. The standard InChI is InChI=1S/C16H20N2O/c19-17-15-12-7-8-13(10-12)16(15)18-9-3-5-11-4-1-2-6-14(11)18/h1-2,4,6,12-13,16,19H,3,5,7-10H2. The molecule has 3 nitrogen and oxygen atoms in total. The first-order valence-corrected chi connectivity index (χ1v) is 7.45. The largest absolute Gasteiger partial charge is 0.411 e. The van der Waals surface area contributed by atoms with Crippen LogP contribution < -0.4 is 4.90 Å². The van der Waals surface area contributed by atoms with Gasteiger partial charge in [-0.2, -0.15) is 0 Å². The molecule has 2 saturated carbocycles. The van der Waals surface area contributed by atoms with Gasteiger partial charge in [-0.15, -0.1) is 0 Å². The van der Waals surface area contributed by atoms with Crippen LogP contribution in [0.15, 0.2) is 29.4 Å². The number of para-hydroxylation sites is 1. The van der Waals surface area contributed by atoms with Crippen LogP contribution in [-0.4, -0.2) is 23.5 Å². The maximum absolute atomic E-state index is 9.40. The average Bonchev–Trinajstić information content (AvgIpc) is 3.07. The molecule has 1 N–H and O–H groups in total. The van der Waals surface area contributed by atoms with Crippen molar-refractivity contribution in [2.24, 2.45) is 17.0 Å². The van der Waals surface area contributed by atoms with Crippen molar-refractivity contribution in [2.45, 2.75) is 38.1 Å². The second-order valence-electron chi connectivity index (χ2n) is 6.17. The topological polar surface area (TPSA) is 35.8 Å². The van der Waals surface area contributed by atoms with Gasteiger partial charge in [0.1, 0.15) is 0 Å². The number of hydrogen-bond donors (Lipinski definition) is 1. The van der Waals surface area contributed by atoms with Gasteiger partial charge in [-0.05, 0) is 49.7 Å². The summed E-state index contributed by atoms with van der Waals surface area (Å²) in [7, 11) is 0. The van der Waals surface area contributed by atoms with E-state index in [-0.39, 0.29) is 0 Å². The lowest BCUT2D eigenvalue weighted by Gasteiger charge is -2.40. The highest BCUT2D eigenvalue weighted by molar-refractivity contribution is 5.97. The highest BCUT2D eigenvalue weighted by Crippen LogP contribution is 2.47. The Hall–Kier alpha value is -1.51. The Morgan fingerprint density at radius 1 is 1.21 bits per heavy atom. The Kier molecular flexibility index (Phi) is 2.54. The number of rotatable bonds is 1. The van der Waals surface area contributed by atoms with Gasteiger partial charge in [0.2, 0.25) is 0 Å². The maximum Gasteiger partial charge on any atom is 0.0828 e. The molecule has 3 aliphatic rings. The predicted molar refractivity (Wildman–Crippen MR) is 75.9 cm³/mol. The lowest BCUT2D eigenvalue weighted by molar-refractivity contribution is 0.311. The third kappa shape index (κ3) is 1.60. The molecule has 3 unspecified atom stereocenters. The van der Waals surface area contributed by atoms with Crippen LogP contribution in [-0.2, 0) is 6.42 Å². The van der Waals surface area contributed by atoms with Crippen LogP contribution in [0.2, 0.25) is 0 Å². The molecule has 0 radical (unpaired) electrons. The Labute approximate surface area is 113 Å². The third-order valence-electron chi connectivity index (χ3n) is 5.24. The zero-order chi connectivity index (χ0) is 12.8. The lowest BCUT2D eigenvalue weighted by atomic mass is 9.89. The third-order valence-corrected chi connectivity index (χ3v) is 5.24. The Morgan fingerprint density at radius 2 is 2.11 bits per heavy atom. The summed E-state index contributed by atoms with van der Waals surface area (Å²) in [6, 6.07) is 9.08. The van der Waals surface area contributed by atoms with E-state index in [0.717, 1.165) is 12.3 Å². The van der Waals surface area contributed by atoms with E-state index in [4.69, 9.17) is 0 Å². The van der Waals surface area contributed by atoms with Crippen LogP contribution in [0.1, 0.15) is 31.2 Å². The van der Waals surface area contributed by atoms with Gasteiger partial charge in [-0.25, -0.2) is 0 Å². The van der Waals surface area contributed by atoms with Gasteiger partial charge < -0.3 is 10.1 Å². The predicted octanol–water partition coefficient (Wildman–Crippen LogP) is 3.07. The van der Waals surface area contributed by atoms with Crippen molar-refractivity contribution in [3.8, 4) is 0 Å². The Bertz CT molecular complexity index is 525. The fourth-order valence-corrected chi connectivity index (χ4v) is 4.46. The number of fused-ring (bicyclic) bond motifs is 3. The summed E-state index contributed by atoms with van der Waals surface area (Å²) in [6.45, 7) is 1.10. The van der Waals surface area contributed by atoms with Gasteiger partial charge in [0.25, 0.3) is 0 Å². The van der Waals surface area contributed by atoms with E-state index in [1.54, 1.807) is 0 Å². The number of hydrogen-bond acceptors (Lipinski definition) is 3. The molecule has 1 heterocycles. The van der Waals surface area contributed by atoms with Crippen molar-refractivity contribution < 1.29 is 5.21 Å². The first-order chi connectivity index (χ1) is 9.38. The molecule has 0 aromatic heterocycles. The van der Waals surface area contributed by atoms with Crippen molar-refractivity contribution in [3.05, 3.63) is 29.8 Å². The summed E-state index contributed by atoms with van der Waals surface area (Å²) < 4.78 is 0. The lowest BCUT2D eigenvalue weighted by Crippen LogP contribution is -2.47. The molecule has 0 amide bonds. The van der Waals surface area contributed by atoms with Gasteiger partial charge in [0, 0.05) is 18.2 Å². The molecule has 2 bridgehead atoms. The smallest absolute Gasteiger partial charge is 0.0828 e. The Morgan fingerprint density at radius 3 is 3.00 bits per heavy atom. The summed E-state index contributed by atoms with van der Waals surface area (Å²) >= 11 is 0. The molecule has 2 fully saturated rings. The van der Waals surface area contributed by atoms with Crippen molar-refractivity contribution in [2.75, 3.05) is 11.4 Å². The van der Waals surface area contributed by atoms with Crippen LogP contribution in [0.5, 0.6) is 0 Å². The van der Waals surface area contributed by atoms with Crippen molar-refractivity contribution in [1.82, 2.24) is 0 Å². The van der Waals surface area contributed by atoms with Gasteiger partial charge in [0.15, 0.2) is 0 Å². The SMILES string of the molecule is ON=C1C2CCC(C2)C1N1CCCc2ccccc21. The fourth-order valence-electron chi connectivity index (χ4n) is 4.46. The summed E-state index contributed by atoms with van der Waals surface area (Å²) in [5.41, 5.74) is 3.87. The molecular weight excluding hydrogens is 236 g/mol. The molecule has 0 spiro atoms. The number of oxime groups is 1. The first-order valence-electron chi connectivity index (χ1n) is 7.45. The minimum absolute atomic E-state index is 0.352.